The SMILES string of the molecule is CC(C)C[C@H](N)C(=O)N(C)Cc1ccccc1F. The number of hydrogen-bond acceptors (Lipinski definition) is 2. The summed E-state index contributed by atoms with van der Waals surface area (Å²) in [4.78, 5) is 13.5. The van der Waals surface area contributed by atoms with Crippen molar-refractivity contribution < 1.29 is 9.18 Å². The molecule has 0 fully saturated rings. The summed E-state index contributed by atoms with van der Waals surface area (Å²) >= 11 is 0. The lowest BCUT2D eigenvalue weighted by Crippen LogP contribution is -2.42. The Morgan fingerprint density at radius 1 is 1.39 bits per heavy atom. The number of halogens is 1. The fourth-order valence-corrected chi connectivity index (χ4v) is 1.85. The third-order valence-corrected chi connectivity index (χ3v) is 2.78. The van der Waals surface area contributed by atoms with Crippen molar-refractivity contribution in [2.45, 2.75) is 32.9 Å². The highest BCUT2D eigenvalue weighted by atomic mass is 19.1. The van der Waals surface area contributed by atoms with Crippen LogP contribution >= 0.6 is 0 Å². The van der Waals surface area contributed by atoms with E-state index in [9.17, 15) is 9.18 Å². The Hall–Kier alpha value is -1.42. The number of hydrogen-bond donors (Lipinski definition) is 1. The number of rotatable bonds is 5. The maximum atomic E-state index is 13.5. The van der Waals surface area contributed by atoms with Crippen molar-refractivity contribution in [3.63, 3.8) is 0 Å². The lowest BCUT2D eigenvalue weighted by molar-refractivity contribution is -0.132. The minimum atomic E-state index is -0.512. The highest BCUT2D eigenvalue weighted by Crippen LogP contribution is 2.11. The summed E-state index contributed by atoms with van der Waals surface area (Å²) in [7, 11) is 1.65. The Bertz CT molecular complexity index is 407. The van der Waals surface area contributed by atoms with Gasteiger partial charge in [0.1, 0.15) is 5.82 Å². The molecule has 0 unspecified atom stereocenters. The van der Waals surface area contributed by atoms with Crippen LogP contribution in [0.3, 0.4) is 0 Å². The molecule has 1 atom stereocenters. The van der Waals surface area contributed by atoms with Gasteiger partial charge in [0, 0.05) is 19.2 Å². The van der Waals surface area contributed by atoms with E-state index in [-0.39, 0.29) is 18.3 Å². The largest absolute Gasteiger partial charge is 0.340 e. The third-order valence-electron chi connectivity index (χ3n) is 2.78. The molecule has 0 radical (unpaired) electrons. The summed E-state index contributed by atoms with van der Waals surface area (Å²) in [5.74, 6) is -0.0765. The summed E-state index contributed by atoms with van der Waals surface area (Å²) in [5.41, 5.74) is 6.33. The van der Waals surface area contributed by atoms with Gasteiger partial charge in [-0.15, -0.1) is 0 Å². The molecule has 1 aromatic carbocycles. The third kappa shape index (κ3) is 4.11. The van der Waals surface area contributed by atoms with Crippen molar-refractivity contribution in [1.29, 1.82) is 0 Å². The normalized spacial score (nSPS) is 12.6. The summed E-state index contributed by atoms with van der Waals surface area (Å²) in [6.45, 7) is 4.28. The van der Waals surface area contributed by atoms with Crippen LogP contribution in [0.15, 0.2) is 24.3 Å². The molecule has 1 aromatic rings. The van der Waals surface area contributed by atoms with Gasteiger partial charge < -0.3 is 10.6 Å². The maximum Gasteiger partial charge on any atom is 0.239 e. The van der Waals surface area contributed by atoms with Crippen LogP contribution in [0.2, 0.25) is 0 Å². The molecule has 0 bridgehead atoms. The van der Waals surface area contributed by atoms with Crippen LogP contribution < -0.4 is 5.73 Å². The second-order valence-corrected chi connectivity index (χ2v) is 5.02. The predicted molar refractivity (Wildman–Crippen MR) is 70.3 cm³/mol. The lowest BCUT2D eigenvalue weighted by atomic mass is 10.0. The molecule has 0 aromatic heterocycles. The van der Waals surface area contributed by atoms with Gasteiger partial charge in [-0.25, -0.2) is 4.39 Å². The number of carbonyl (C=O) groups excluding carboxylic acids is 1. The Labute approximate surface area is 108 Å². The number of likely N-dealkylation sites (N-methyl/N-ethyl adjacent to an activating group) is 1. The van der Waals surface area contributed by atoms with Crippen LogP contribution in [0.25, 0.3) is 0 Å². The molecule has 0 aliphatic rings. The highest BCUT2D eigenvalue weighted by Gasteiger charge is 2.19. The average Bonchev–Trinajstić information content (AvgIpc) is 2.30. The number of nitrogens with two attached hydrogens (primary N) is 1. The molecular formula is C14H21FN2O. The fraction of sp³-hybridized carbons (Fsp3) is 0.500. The first-order valence-corrected chi connectivity index (χ1v) is 6.15. The van der Waals surface area contributed by atoms with Crippen LogP contribution in [0.4, 0.5) is 4.39 Å². The quantitative estimate of drug-likeness (QED) is 0.873. The average molecular weight is 252 g/mol. The molecule has 0 aliphatic carbocycles. The summed E-state index contributed by atoms with van der Waals surface area (Å²) in [6, 6.07) is 5.94. The zero-order chi connectivity index (χ0) is 13.7. The van der Waals surface area contributed by atoms with Gasteiger partial charge in [-0.1, -0.05) is 32.0 Å². The fourth-order valence-electron chi connectivity index (χ4n) is 1.85. The van der Waals surface area contributed by atoms with Gasteiger partial charge >= 0.3 is 0 Å². The van der Waals surface area contributed by atoms with E-state index in [1.807, 2.05) is 13.8 Å². The minimum absolute atomic E-state index is 0.146. The molecule has 4 heteroatoms. The van der Waals surface area contributed by atoms with Crippen molar-refractivity contribution in [3.8, 4) is 0 Å². The second-order valence-electron chi connectivity index (χ2n) is 5.02. The molecule has 0 heterocycles. The molecule has 1 rings (SSSR count). The Morgan fingerprint density at radius 2 is 2.00 bits per heavy atom. The van der Waals surface area contributed by atoms with Gasteiger partial charge in [0.05, 0.1) is 6.04 Å². The molecule has 2 N–H and O–H groups in total. The van der Waals surface area contributed by atoms with Crippen molar-refractivity contribution >= 4 is 5.91 Å². The first kappa shape index (κ1) is 14.6. The first-order valence-electron chi connectivity index (χ1n) is 6.15. The van der Waals surface area contributed by atoms with Crippen LogP contribution in [0.1, 0.15) is 25.8 Å². The number of benzene rings is 1. The van der Waals surface area contributed by atoms with E-state index in [0.717, 1.165) is 0 Å². The smallest absolute Gasteiger partial charge is 0.239 e. The molecule has 3 nitrogen and oxygen atoms in total. The van der Waals surface area contributed by atoms with Crippen LogP contribution in [0, 0.1) is 11.7 Å². The van der Waals surface area contributed by atoms with Gasteiger partial charge in [-0.3, -0.25) is 4.79 Å². The monoisotopic (exact) mass is 252 g/mol. The van der Waals surface area contributed by atoms with Crippen molar-refractivity contribution in [3.05, 3.63) is 35.6 Å². The topological polar surface area (TPSA) is 46.3 Å². The minimum Gasteiger partial charge on any atom is -0.340 e. The van der Waals surface area contributed by atoms with E-state index >= 15 is 0 Å². The maximum absolute atomic E-state index is 13.5. The molecule has 0 saturated heterocycles. The molecule has 100 valence electrons. The Balaban J connectivity index is 2.63. The van der Waals surface area contributed by atoms with E-state index in [1.54, 1.807) is 25.2 Å². The van der Waals surface area contributed by atoms with E-state index in [1.165, 1.54) is 11.0 Å². The van der Waals surface area contributed by atoms with Crippen LogP contribution in [-0.4, -0.2) is 23.9 Å². The van der Waals surface area contributed by atoms with E-state index in [0.29, 0.717) is 17.9 Å². The first-order chi connectivity index (χ1) is 8.41. The van der Waals surface area contributed by atoms with Gasteiger partial charge in [0.2, 0.25) is 5.91 Å². The molecule has 1 amide bonds. The number of nitrogens with zero attached hydrogens (tertiary/aromatic N) is 1. The van der Waals surface area contributed by atoms with Gasteiger partial charge in [-0.2, -0.15) is 0 Å². The second kappa shape index (κ2) is 6.50. The Morgan fingerprint density at radius 3 is 2.56 bits per heavy atom. The van der Waals surface area contributed by atoms with Gasteiger partial charge in [0.25, 0.3) is 0 Å². The van der Waals surface area contributed by atoms with Crippen LogP contribution in [-0.2, 0) is 11.3 Å². The standard InChI is InChI=1S/C14H21FN2O/c1-10(2)8-13(16)14(18)17(3)9-11-6-4-5-7-12(11)15/h4-7,10,13H,8-9,16H2,1-3H3/t13-/m0/s1. The zero-order valence-corrected chi connectivity index (χ0v) is 11.2. The van der Waals surface area contributed by atoms with Gasteiger partial charge in [0.15, 0.2) is 0 Å². The van der Waals surface area contributed by atoms with E-state index in [2.05, 4.69) is 0 Å². The molecule has 0 aliphatic heterocycles. The van der Waals surface area contributed by atoms with Crippen molar-refractivity contribution in [2.24, 2.45) is 11.7 Å². The summed E-state index contributed by atoms with van der Waals surface area (Å²) in [5, 5.41) is 0. The van der Waals surface area contributed by atoms with Crippen LogP contribution in [0.5, 0.6) is 0 Å². The lowest BCUT2D eigenvalue weighted by Gasteiger charge is -2.22. The predicted octanol–water partition coefficient (Wildman–Crippen LogP) is 2.16. The van der Waals surface area contributed by atoms with E-state index in [4.69, 9.17) is 5.73 Å². The van der Waals surface area contributed by atoms with Gasteiger partial charge in [-0.05, 0) is 18.4 Å². The molecule has 18 heavy (non-hydrogen) atoms. The number of amides is 1. The Kier molecular flexibility index (Phi) is 5.28. The molecular weight excluding hydrogens is 231 g/mol. The summed E-state index contributed by atoms with van der Waals surface area (Å²) < 4.78 is 13.5. The molecule has 0 saturated carbocycles. The number of carbonyl (C=O) groups is 1. The van der Waals surface area contributed by atoms with Crippen molar-refractivity contribution in [1.82, 2.24) is 4.90 Å². The summed E-state index contributed by atoms with van der Waals surface area (Å²) in [6.07, 6.45) is 0.639. The molecule has 0 spiro atoms. The highest BCUT2D eigenvalue weighted by molar-refractivity contribution is 5.81. The zero-order valence-electron chi connectivity index (χ0n) is 11.2. The van der Waals surface area contributed by atoms with Crippen molar-refractivity contribution in [2.75, 3.05) is 7.05 Å². The van der Waals surface area contributed by atoms with E-state index < -0.39 is 6.04 Å².